The molecule has 92 valence electrons. The Balaban J connectivity index is 2.07. The molecular weight excluding hydrogens is 292 g/mol. The van der Waals surface area contributed by atoms with Gasteiger partial charge in [-0.3, -0.25) is 0 Å². The minimum Gasteiger partial charge on any atom is -0.380 e. The molecule has 18 heavy (non-hydrogen) atoms. The van der Waals surface area contributed by atoms with Crippen LogP contribution in [0.5, 0.6) is 0 Å². The molecule has 0 fully saturated rings. The molecular formula is C13H13BrN4. The lowest BCUT2D eigenvalue weighted by Gasteiger charge is -2.06. The van der Waals surface area contributed by atoms with Gasteiger partial charge in [-0.05, 0) is 46.1 Å². The molecule has 0 bridgehead atoms. The van der Waals surface area contributed by atoms with Gasteiger partial charge in [0.1, 0.15) is 16.4 Å². The van der Waals surface area contributed by atoms with Crippen molar-refractivity contribution in [2.75, 3.05) is 5.32 Å². The van der Waals surface area contributed by atoms with Gasteiger partial charge in [0, 0.05) is 19.8 Å². The lowest BCUT2D eigenvalue weighted by atomic mass is 10.2. The molecule has 2 heterocycles. The van der Waals surface area contributed by atoms with E-state index in [9.17, 15) is 0 Å². The van der Waals surface area contributed by atoms with Gasteiger partial charge in [0.25, 0.3) is 0 Å². The molecule has 0 aromatic carbocycles. The van der Waals surface area contributed by atoms with E-state index in [1.807, 2.05) is 36.9 Å². The van der Waals surface area contributed by atoms with Crippen molar-refractivity contribution in [2.24, 2.45) is 7.05 Å². The highest BCUT2D eigenvalue weighted by atomic mass is 79.9. The second-order valence-electron chi connectivity index (χ2n) is 4.14. The summed E-state index contributed by atoms with van der Waals surface area (Å²) in [5.74, 6) is 0. The first-order chi connectivity index (χ1) is 8.60. The summed E-state index contributed by atoms with van der Waals surface area (Å²) in [6.07, 6.45) is 3.73. The average molecular weight is 305 g/mol. The minimum absolute atomic E-state index is 0.664. The second-order valence-corrected chi connectivity index (χ2v) is 4.89. The van der Waals surface area contributed by atoms with Crippen molar-refractivity contribution < 1.29 is 0 Å². The highest BCUT2D eigenvalue weighted by Gasteiger charge is 2.03. The first-order valence-electron chi connectivity index (χ1n) is 5.51. The van der Waals surface area contributed by atoms with E-state index in [1.54, 1.807) is 6.20 Å². The number of nitrogens with one attached hydrogen (secondary N) is 1. The number of anilines is 1. The number of halogens is 1. The number of rotatable bonds is 3. The fourth-order valence-electron chi connectivity index (χ4n) is 1.70. The maximum atomic E-state index is 8.88. The Morgan fingerprint density at radius 1 is 1.50 bits per heavy atom. The zero-order valence-corrected chi connectivity index (χ0v) is 11.8. The van der Waals surface area contributed by atoms with Gasteiger partial charge in [0.05, 0.1) is 11.9 Å². The summed E-state index contributed by atoms with van der Waals surface area (Å²) >= 11 is 3.37. The van der Waals surface area contributed by atoms with Crippen LogP contribution in [0.2, 0.25) is 0 Å². The van der Waals surface area contributed by atoms with Crippen LogP contribution in [0.25, 0.3) is 0 Å². The predicted molar refractivity (Wildman–Crippen MR) is 74.1 cm³/mol. The average Bonchev–Trinajstić information content (AvgIpc) is 2.71. The van der Waals surface area contributed by atoms with E-state index >= 15 is 0 Å². The summed E-state index contributed by atoms with van der Waals surface area (Å²) in [5, 5.41) is 12.2. The minimum atomic E-state index is 0.664. The van der Waals surface area contributed by atoms with Crippen LogP contribution in [0.3, 0.4) is 0 Å². The highest BCUT2D eigenvalue weighted by Crippen LogP contribution is 2.17. The van der Waals surface area contributed by atoms with E-state index in [1.165, 1.54) is 0 Å². The number of pyridine rings is 1. The zero-order valence-electron chi connectivity index (χ0n) is 10.2. The number of nitriles is 1. The van der Waals surface area contributed by atoms with Gasteiger partial charge in [-0.1, -0.05) is 0 Å². The molecule has 4 nitrogen and oxygen atoms in total. The van der Waals surface area contributed by atoms with Gasteiger partial charge in [-0.15, -0.1) is 0 Å². The number of hydrogen-bond acceptors (Lipinski definition) is 3. The number of hydrogen-bond donors (Lipinski definition) is 1. The summed E-state index contributed by atoms with van der Waals surface area (Å²) in [6.45, 7) is 2.68. The second kappa shape index (κ2) is 5.23. The van der Waals surface area contributed by atoms with Crippen molar-refractivity contribution in [1.29, 1.82) is 5.26 Å². The fourth-order valence-corrected chi connectivity index (χ4v) is 1.92. The van der Waals surface area contributed by atoms with Crippen LogP contribution >= 0.6 is 15.9 Å². The third kappa shape index (κ3) is 2.71. The van der Waals surface area contributed by atoms with Crippen LogP contribution in [-0.2, 0) is 13.6 Å². The molecule has 0 amide bonds. The monoisotopic (exact) mass is 304 g/mol. The normalized spacial score (nSPS) is 10.1. The molecule has 0 aliphatic carbocycles. The standard InChI is InChI=1S/C13H13BrN4/c1-9-3-11(7-17-13(9)14)16-6-10-4-12(5-15)18(2)8-10/h3-4,7-8,16H,6H2,1-2H3. The van der Waals surface area contributed by atoms with Crippen LogP contribution < -0.4 is 5.32 Å². The van der Waals surface area contributed by atoms with Gasteiger partial charge in [-0.2, -0.15) is 5.26 Å². The third-order valence-corrected chi connectivity index (χ3v) is 3.52. The summed E-state index contributed by atoms with van der Waals surface area (Å²) in [4.78, 5) is 4.23. The molecule has 0 atom stereocenters. The van der Waals surface area contributed by atoms with Crippen LogP contribution in [0.15, 0.2) is 29.1 Å². The predicted octanol–water partition coefficient (Wildman–Crippen LogP) is 2.97. The summed E-state index contributed by atoms with van der Waals surface area (Å²) in [6, 6.07) is 6.06. The zero-order chi connectivity index (χ0) is 13.1. The molecule has 0 aliphatic rings. The van der Waals surface area contributed by atoms with E-state index in [0.29, 0.717) is 12.2 Å². The van der Waals surface area contributed by atoms with E-state index in [2.05, 4.69) is 32.3 Å². The Hall–Kier alpha value is -1.80. The molecule has 0 saturated carbocycles. The van der Waals surface area contributed by atoms with Gasteiger partial charge in [0.2, 0.25) is 0 Å². The van der Waals surface area contributed by atoms with Crippen molar-refractivity contribution in [1.82, 2.24) is 9.55 Å². The Morgan fingerprint density at radius 3 is 2.89 bits per heavy atom. The molecule has 5 heteroatoms. The van der Waals surface area contributed by atoms with Crippen molar-refractivity contribution in [3.05, 3.63) is 46.0 Å². The number of aryl methyl sites for hydroxylation is 2. The Bertz CT molecular complexity index is 610. The van der Waals surface area contributed by atoms with Crippen LogP contribution in [-0.4, -0.2) is 9.55 Å². The highest BCUT2D eigenvalue weighted by molar-refractivity contribution is 9.10. The maximum absolute atomic E-state index is 8.88. The summed E-state index contributed by atoms with van der Waals surface area (Å²) in [7, 11) is 1.87. The summed E-state index contributed by atoms with van der Waals surface area (Å²) in [5.41, 5.74) is 3.80. The van der Waals surface area contributed by atoms with E-state index in [4.69, 9.17) is 5.26 Å². The first-order valence-corrected chi connectivity index (χ1v) is 6.31. The fraction of sp³-hybridized carbons (Fsp3) is 0.231. The Kier molecular flexibility index (Phi) is 3.68. The van der Waals surface area contributed by atoms with E-state index in [0.717, 1.165) is 21.4 Å². The van der Waals surface area contributed by atoms with Gasteiger partial charge in [0.15, 0.2) is 0 Å². The molecule has 0 aliphatic heterocycles. The maximum Gasteiger partial charge on any atom is 0.120 e. The topological polar surface area (TPSA) is 53.6 Å². The molecule has 0 unspecified atom stereocenters. The SMILES string of the molecule is Cc1cc(NCc2cc(C#N)n(C)c2)cnc1Br. The van der Waals surface area contributed by atoms with Crippen LogP contribution in [0.4, 0.5) is 5.69 Å². The van der Waals surface area contributed by atoms with Crippen molar-refractivity contribution in [3.8, 4) is 6.07 Å². The van der Waals surface area contributed by atoms with Crippen LogP contribution in [0.1, 0.15) is 16.8 Å². The summed E-state index contributed by atoms with van der Waals surface area (Å²) < 4.78 is 2.68. The van der Waals surface area contributed by atoms with E-state index < -0.39 is 0 Å². The molecule has 0 spiro atoms. The Labute approximate surface area is 114 Å². The first kappa shape index (κ1) is 12.7. The van der Waals surface area contributed by atoms with E-state index in [-0.39, 0.29) is 0 Å². The molecule has 0 saturated heterocycles. The van der Waals surface area contributed by atoms with Crippen molar-refractivity contribution in [2.45, 2.75) is 13.5 Å². The quantitative estimate of drug-likeness (QED) is 0.887. The van der Waals surface area contributed by atoms with Gasteiger partial charge < -0.3 is 9.88 Å². The molecule has 1 N–H and O–H groups in total. The van der Waals surface area contributed by atoms with Crippen molar-refractivity contribution in [3.63, 3.8) is 0 Å². The number of nitrogens with zero attached hydrogens (tertiary/aromatic N) is 3. The van der Waals surface area contributed by atoms with Crippen molar-refractivity contribution >= 4 is 21.6 Å². The lowest BCUT2D eigenvalue weighted by molar-refractivity contribution is 0.902. The Morgan fingerprint density at radius 2 is 2.28 bits per heavy atom. The van der Waals surface area contributed by atoms with Crippen LogP contribution in [0, 0.1) is 18.3 Å². The smallest absolute Gasteiger partial charge is 0.120 e. The third-order valence-electron chi connectivity index (χ3n) is 2.69. The largest absolute Gasteiger partial charge is 0.380 e. The van der Waals surface area contributed by atoms with Gasteiger partial charge >= 0.3 is 0 Å². The molecule has 2 rings (SSSR count). The van der Waals surface area contributed by atoms with Gasteiger partial charge in [-0.25, -0.2) is 4.98 Å². The lowest BCUT2D eigenvalue weighted by Crippen LogP contribution is -1.99. The number of aromatic nitrogens is 2. The molecule has 2 aromatic rings. The molecule has 0 radical (unpaired) electrons. The molecule has 2 aromatic heterocycles.